The van der Waals surface area contributed by atoms with E-state index >= 15 is 0 Å². The molecule has 0 unspecified atom stereocenters. The fraction of sp³-hybridized carbons (Fsp3) is 0.556. The van der Waals surface area contributed by atoms with Crippen molar-refractivity contribution in [2.75, 3.05) is 20.2 Å². The third-order valence-electron chi connectivity index (χ3n) is 3.21. The van der Waals surface area contributed by atoms with E-state index in [-0.39, 0.29) is 54.3 Å². The molecule has 0 aliphatic heterocycles. The van der Waals surface area contributed by atoms with Crippen LogP contribution in [0.4, 0.5) is 13.2 Å². The summed E-state index contributed by atoms with van der Waals surface area (Å²) in [4.78, 5) is 15.8. The second-order valence-electron chi connectivity index (χ2n) is 7.09. The lowest BCUT2D eigenvalue weighted by Crippen LogP contribution is -2.48. The van der Waals surface area contributed by atoms with E-state index in [1.807, 2.05) is 20.8 Å². The average molecular weight is 516 g/mol. The molecule has 1 aromatic carbocycles. The van der Waals surface area contributed by atoms with Gasteiger partial charge < -0.3 is 20.7 Å². The largest absolute Gasteiger partial charge is 0.484 e. The van der Waals surface area contributed by atoms with Crippen LogP contribution in [0.2, 0.25) is 0 Å². The SMILES string of the molecule is CN=C(NCC(=O)NC(C)(C)C)NCc1ccc(C)cc1OCC(F)(F)F.I. The fourth-order valence-corrected chi connectivity index (χ4v) is 2.13. The maximum atomic E-state index is 12.4. The zero-order valence-electron chi connectivity index (χ0n) is 16.7. The summed E-state index contributed by atoms with van der Waals surface area (Å²) in [5.41, 5.74) is 0.992. The van der Waals surface area contributed by atoms with Crippen LogP contribution in [-0.2, 0) is 11.3 Å². The molecule has 0 aromatic heterocycles. The monoisotopic (exact) mass is 516 g/mol. The highest BCUT2D eigenvalue weighted by Crippen LogP contribution is 2.23. The first-order valence-corrected chi connectivity index (χ1v) is 8.44. The van der Waals surface area contributed by atoms with E-state index in [1.54, 1.807) is 25.1 Å². The number of nitrogens with one attached hydrogen (secondary N) is 3. The molecule has 0 fully saturated rings. The molecular weight excluding hydrogens is 488 g/mol. The highest BCUT2D eigenvalue weighted by molar-refractivity contribution is 14.0. The molecule has 6 nitrogen and oxygen atoms in total. The predicted molar refractivity (Wildman–Crippen MR) is 114 cm³/mol. The Morgan fingerprint density at radius 3 is 2.36 bits per heavy atom. The number of amides is 1. The second kappa shape index (κ2) is 11.3. The van der Waals surface area contributed by atoms with Crippen LogP contribution < -0.4 is 20.7 Å². The third-order valence-corrected chi connectivity index (χ3v) is 3.21. The number of nitrogens with zero attached hydrogens (tertiary/aromatic N) is 1. The average Bonchev–Trinajstić information content (AvgIpc) is 2.52. The van der Waals surface area contributed by atoms with Gasteiger partial charge in [-0.15, -0.1) is 24.0 Å². The van der Waals surface area contributed by atoms with Gasteiger partial charge in [0.2, 0.25) is 5.91 Å². The Kier molecular flexibility index (Phi) is 10.6. The van der Waals surface area contributed by atoms with Gasteiger partial charge in [0.05, 0.1) is 6.54 Å². The van der Waals surface area contributed by atoms with Crippen molar-refractivity contribution in [1.82, 2.24) is 16.0 Å². The van der Waals surface area contributed by atoms with Crippen molar-refractivity contribution in [1.29, 1.82) is 0 Å². The Labute approximate surface area is 180 Å². The Bertz CT molecular complexity index is 674. The number of ether oxygens (including phenoxy) is 1. The van der Waals surface area contributed by atoms with E-state index in [0.717, 1.165) is 5.56 Å². The lowest BCUT2D eigenvalue weighted by atomic mass is 10.1. The molecule has 0 bridgehead atoms. The van der Waals surface area contributed by atoms with E-state index in [1.165, 1.54) is 7.05 Å². The number of guanidine groups is 1. The first-order valence-electron chi connectivity index (χ1n) is 8.44. The summed E-state index contributed by atoms with van der Waals surface area (Å²) >= 11 is 0. The normalized spacial score (nSPS) is 12.1. The van der Waals surface area contributed by atoms with Gasteiger partial charge in [-0.1, -0.05) is 12.1 Å². The maximum absolute atomic E-state index is 12.4. The van der Waals surface area contributed by atoms with Crippen LogP contribution in [0, 0.1) is 6.92 Å². The van der Waals surface area contributed by atoms with Crippen molar-refractivity contribution < 1.29 is 22.7 Å². The van der Waals surface area contributed by atoms with E-state index in [0.29, 0.717) is 11.5 Å². The van der Waals surface area contributed by atoms with Crippen LogP contribution in [0.15, 0.2) is 23.2 Å². The molecule has 1 amide bonds. The molecule has 0 saturated heterocycles. The first kappa shape index (κ1) is 26.3. The molecule has 3 N–H and O–H groups in total. The smallest absolute Gasteiger partial charge is 0.422 e. The minimum atomic E-state index is -4.41. The summed E-state index contributed by atoms with van der Waals surface area (Å²) in [6, 6.07) is 5.02. The Morgan fingerprint density at radius 2 is 1.82 bits per heavy atom. The van der Waals surface area contributed by atoms with Gasteiger partial charge in [-0.3, -0.25) is 9.79 Å². The van der Waals surface area contributed by atoms with Crippen LogP contribution in [0.1, 0.15) is 31.9 Å². The number of hydrogen-bond donors (Lipinski definition) is 3. The molecule has 0 atom stereocenters. The predicted octanol–water partition coefficient (Wildman–Crippen LogP) is 3.13. The van der Waals surface area contributed by atoms with Gasteiger partial charge in [0.25, 0.3) is 0 Å². The Balaban J connectivity index is 0.00000729. The van der Waals surface area contributed by atoms with Gasteiger partial charge in [0.1, 0.15) is 5.75 Å². The number of aryl methyl sites for hydroxylation is 1. The molecule has 10 heteroatoms. The number of hydrogen-bond acceptors (Lipinski definition) is 3. The van der Waals surface area contributed by atoms with Crippen molar-refractivity contribution in [3.05, 3.63) is 29.3 Å². The lowest BCUT2D eigenvalue weighted by Gasteiger charge is -2.21. The highest BCUT2D eigenvalue weighted by Gasteiger charge is 2.28. The number of aliphatic imine (C=N–C) groups is 1. The molecule has 28 heavy (non-hydrogen) atoms. The Hall–Kier alpha value is -1.72. The maximum Gasteiger partial charge on any atom is 0.422 e. The summed E-state index contributed by atoms with van der Waals surface area (Å²) in [6.45, 7) is 6.24. The van der Waals surface area contributed by atoms with Gasteiger partial charge in [0.15, 0.2) is 12.6 Å². The second-order valence-corrected chi connectivity index (χ2v) is 7.09. The quantitative estimate of drug-likeness (QED) is 0.309. The molecule has 0 heterocycles. The van der Waals surface area contributed by atoms with E-state index < -0.39 is 12.8 Å². The molecule has 0 saturated carbocycles. The molecule has 1 aromatic rings. The van der Waals surface area contributed by atoms with E-state index in [9.17, 15) is 18.0 Å². The summed E-state index contributed by atoms with van der Waals surface area (Å²) in [5.74, 6) is 0.303. The number of halogens is 4. The summed E-state index contributed by atoms with van der Waals surface area (Å²) < 4.78 is 42.2. The number of rotatable bonds is 6. The minimum Gasteiger partial charge on any atom is -0.484 e. The minimum absolute atomic E-state index is 0. The van der Waals surface area contributed by atoms with Crippen LogP contribution in [-0.4, -0.2) is 43.8 Å². The van der Waals surface area contributed by atoms with Crippen LogP contribution in [0.5, 0.6) is 5.75 Å². The molecular formula is C18H28F3IN4O2. The number of carbonyl (C=O) groups is 1. The summed E-state index contributed by atoms with van der Waals surface area (Å²) in [5, 5.41) is 8.62. The fourth-order valence-electron chi connectivity index (χ4n) is 2.13. The van der Waals surface area contributed by atoms with Gasteiger partial charge >= 0.3 is 6.18 Å². The van der Waals surface area contributed by atoms with Crippen LogP contribution in [0.3, 0.4) is 0 Å². The van der Waals surface area contributed by atoms with Crippen molar-refractivity contribution in [3.8, 4) is 5.75 Å². The topological polar surface area (TPSA) is 74.8 Å². The van der Waals surface area contributed by atoms with Crippen molar-refractivity contribution >= 4 is 35.8 Å². The van der Waals surface area contributed by atoms with Gasteiger partial charge in [-0.2, -0.15) is 13.2 Å². The van der Waals surface area contributed by atoms with Gasteiger partial charge in [-0.05, 0) is 39.3 Å². The highest BCUT2D eigenvalue weighted by atomic mass is 127. The van der Waals surface area contributed by atoms with Crippen molar-refractivity contribution in [3.63, 3.8) is 0 Å². The summed E-state index contributed by atoms with van der Waals surface area (Å²) in [6.07, 6.45) is -4.41. The van der Waals surface area contributed by atoms with Crippen molar-refractivity contribution in [2.24, 2.45) is 4.99 Å². The molecule has 1 rings (SSSR count). The van der Waals surface area contributed by atoms with Crippen LogP contribution >= 0.6 is 24.0 Å². The summed E-state index contributed by atoms with van der Waals surface area (Å²) in [7, 11) is 1.53. The molecule has 0 aliphatic rings. The van der Waals surface area contributed by atoms with Crippen LogP contribution in [0.25, 0.3) is 0 Å². The van der Waals surface area contributed by atoms with E-state index in [4.69, 9.17) is 4.74 Å². The zero-order chi connectivity index (χ0) is 20.7. The molecule has 0 aliphatic carbocycles. The third kappa shape index (κ3) is 11.2. The lowest BCUT2D eigenvalue weighted by molar-refractivity contribution is -0.153. The standard InChI is InChI=1S/C18H27F3N4O2.HI/c1-12-6-7-13(14(8-12)27-11-18(19,20)21)9-23-16(22-5)24-10-15(26)25-17(2,3)4;/h6-8H,9-11H2,1-5H3,(H,25,26)(H2,22,23,24);1H. The first-order chi connectivity index (χ1) is 12.4. The number of benzene rings is 1. The van der Waals surface area contributed by atoms with Gasteiger partial charge in [0, 0.05) is 24.7 Å². The molecule has 0 spiro atoms. The van der Waals surface area contributed by atoms with E-state index in [2.05, 4.69) is 20.9 Å². The number of carbonyl (C=O) groups excluding carboxylic acids is 1. The molecule has 0 radical (unpaired) electrons. The van der Waals surface area contributed by atoms with Crippen molar-refractivity contribution in [2.45, 2.75) is 46.0 Å². The van der Waals surface area contributed by atoms with Gasteiger partial charge in [-0.25, -0.2) is 0 Å². The molecule has 160 valence electrons. The Morgan fingerprint density at radius 1 is 1.18 bits per heavy atom. The number of alkyl halides is 3. The zero-order valence-corrected chi connectivity index (χ0v) is 19.0.